The van der Waals surface area contributed by atoms with Crippen molar-refractivity contribution in [1.82, 2.24) is 0 Å². The normalized spacial score (nSPS) is 10.9. The number of hydrogen-bond donors (Lipinski definition) is 1. The van der Waals surface area contributed by atoms with Crippen LogP contribution < -0.4 is 5.32 Å². The highest BCUT2D eigenvalue weighted by Crippen LogP contribution is 2.12. The summed E-state index contributed by atoms with van der Waals surface area (Å²) < 4.78 is 5.11. The molecule has 0 saturated carbocycles. The number of nitrogens with one attached hydrogen (secondary N) is 1. The van der Waals surface area contributed by atoms with Crippen molar-refractivity contribution < 1.29 is 9.53 Å². The molecule has 81 valence electrons. The first-order chi connectivity index (χ1) is 6.87. The number of carbonyl (C=O) groups excluding carboxylic acids is 1. The largest absolute Gasteiger partial charge is 0.444 e. The van der Waals surface area contributed by atoms with Crippen molar-refractivity contribution in [3.8, 4) is 0 Å². The fraction of sp³-hybridized carbons (Fsp3) is 0.417. The molecule has 0 bridgehead atoms. The van der Waals surface area contributed by atoms with Crippen molar-refractivity contribution in [3.05, 3.63) is 29.8 Å². The van der Waals surface area contributed by atoms with Crippen LogP contribution in [0.25, 0.3) is 0 Å². The molecule has 0 spiro atoms. The van der Waals surface area contributed by atoms with Crippen LogP contribution in [0, 0.1) is 13.0 Å². The Labute approximate surface area is 90.4 Å². The summed E-state index contributed by atoms with van der Waals surface area (Å²) in [4.78, 5) is 11.4. The minimum atomic E-state index is -0.478. The number of aryl methyl sites for hydroxylation is 1. The maximum atomic E-state index is 11.4. The van der Waals surface area contributed by atoms with Crippen LogP contribution in [0.2, 0.25) is 0 Å². The molecule has 1 amide bonds. The van der Waals surface area contributed by atoms with Crippen molar-refractivity contribution in [2.45, 2.75) is 33.3 Å². The van der Waals surface area contributed by atoms with Gasteiger partial charge < -0.3 is 4.74 Å². The molecule has 1 radical (unpaired) electrons. The van der Waals surface area contributed by atoms with Gasteiger partial charge >= 0.3 is 6.09 Å². The Hall–Kier alpha value is -1.51. The number of carbonyl (C=O) groups is 1. The Kier molecular flexibility index (Phi) is 3.35. The minimum absolute atomic E-state index is 0.454. The Balaban J connectivity index is 2.59. The molecule has 0 aromatic heterocycles. The third kappa shape index (κ3) is 4.49. The van der Waals surface area contributed by atoms with Crippen LogP contribution in [-0.2, 0) is 4.74 Å². The quantitative estimate of drug-likeness (QED) is 0.766. The van der Waals surface area contributed by atoms with Crippen molar-refractivity contribution in [1.29, 1.82) is 0 Å². The molecule has 0 aliphatic heterocycles. The topological polar surface area (TPSA) is 38.3 Å². The van der Waals surface area contributed by atoms with E-state index >= 15 is 0 Å². The van der Waals surface area contributed by atoms with Gasteiger partial charge in [0.25, 0.3) is 0 Å². The second-order valence-electron chi connectivity index (χ2n) is 4.41. The summed E-state index contributed by atoms with van der Waals surface area (Å²) >= 11 is 0. The third-order valence-electron chi connectivity index (χ3n) is 1.59. The van der Waals surface area contributed by atoms with Gasteiger partial charge in [-0.25, -0.2) is 4.79 Å². The first-order valence-corrected chi connectivity index (χ1v) is 4.85. The lowest BCUT2D eigenvalue weighted by Gasteiger charge is -2.19. The summed E-state index contributed by atoms with van der Waals surface area (Å²) in [6.45, 7) is 7.43. The summed E-state index contributed by atoms with van der Waals surface area (Å²) in [6.07, 6.45) is -0.454. The molecule has 1 aromatic rings. The molecule has 1 rings (SSSR count). The van der Waals surface area contributed by atoms with Gasteiger partial charge in [0.2, 0.25) is 0 Å². The molecule has 0 atom stereocenters. The maximum absolute atomic E-state index is 11.4. The molecule has 3 heteroatoms. The molecular weight excluding hydrogens is 190 g/mol. The first-order valence-electron chi connectivity index (χ1n) is 4.85. The van der Waals surface area contributed by atoms with Gasteiger partial charge in [-0.1, -0.05) is 12.1 Å². The zero-order chi connectivity index (χ0) is 11.5. The molecule has 0 aliphatic carbocycles. The van der Waals surface area contributed by atoms with E-state index in [4.69, 9.17) is 4.74 Å². The van der Waals surface area contributed by atoms with Crippen LogP contribution in [0.3, 0.4) is 0 Å². The van der Waals surface area contributed by atoms with Crippen LogP contribution in [0.5, 0.6) is 0 Å². The number of benzene rings is 1. The van der Waals surface area contributed by atoms with Crippen molar-refractivity contribution >= 4 is 11.8 Å². The average molecular weight is 206 g/mol. The smallest absolute Gasteiger partial charge is 0.412 e. The molecule has 1 aromatic carbocycles. The van der Waals surface area contributed by atoms with E-state index < -0.39 is 11.7 Å². The monoisotopic (exact) mass is 206 g/mol. The predicted octanol–water partition coefficient (Wildman–Crippen LogP) is 3.14. The SMILES string of the molecule is Cc1cc[c]c(NC(=O)OC(C)(C)C)c1. The zero-order valence-electron chi connectivity index (χ0n) is 9.55. The average Bonchev–Trinajstić information content (AvgIpc) is 1.99. The molecule has 0 heterocycles. The second kappa shape index (κ2) is 4.34. The summed E-state index contributed by atoms with van der Waals surface area (Å²) in [5.74, 6) is 0. The lowest BCUT2D eigenvalue weighted by Crippen LogP contribution is -2.27. The van der Waals surface area contributed by atoms with Gasteiger partial charge in [0.15, 0.2) is 0 Å². The van der Waals surface area contributed by atoms with Crippen LogP contribution >= 0.6 is 0 Å². The van der Waals surface area contributed by atoms with E-state index in [9.17, 15) is 4.79 Å². The lowest BCUT2D eigenvalue weighted by atomic mass is 10.2. The Morgan fingerprint density at radius 3 is 2.67 bits per heavy atom. The van der Waals surface area contributed by atoms with Gasteiger partial charge in [-0.2, -0.15) is 0 Å². The zero-order valence-corrected chi connectivity index (χ0v) is 9.55. The van der Waals surface area contributed by atoms with E-state index in [2.05, 4.69) is 11.4 Å². The van der Waals surface area contributed by atoms with Gasteiger partial charge in [-0.3, -0.25) is 5.32 Å². The van der Waals surface area contributed by atoms with Crippen LogP contribution in [0.1, 0.15) is 26.3 Å². The van der Waals surface area contributed by atoms with Gasteiger partial charge in [0, 0.05) is 6.07 Å². The first kappa shape index (κ1) is 11.6. The molecule has 1 N–H and O–H groups in total. The Morgan fingerprint density at radius 1 is 1.47 bits per heavy atom. The highest BCUT2D eigenvalue weighted by molar-refractivity contribution is 5.84. The van der Waals surface area contributed by atoms with Gasteiger partial charge in [-0.15, -0.1) is 0 Å². The highest BCUT2D eigenvalue weighted by atomic mass is 16.6. The molecule has 3 nitrogen and oxygen atoms in total. The highest BCUT2D eigenvalue weighted by Gasteiger charge is 2.15. The fourth-order valence-electron chi connectivity index (χ4n) is 1.07. The van der Waals surface area contributed by atoms with Gasteiger partial charge in [0.05, 0.1) is 5.69 Å². The summed E-state index contributed by atoms with van der Waals surface area (Å²) in [5, 5.41) is 2.62. The number of amides is 1. The molecule has 15 heavy (non-hydrogen) atoms. The second-order valence-corrected chi connectivity index (χ2v) is 4.41. The van der Waals surface area contributed by atoms with Crippen LogP contribution in [0.4, 0.5) is 10.5 Å². The molecular formula is C12H16NO2. The van der Waals surface area contributed by atoms with E-state index in [-0.39, 0.29) is 0 Å². The lowest BCUT2D eigenvalue weighted by molar-refractivity contribution is 0.0636. The molecule has 0 unspecified atom stereocenters. The van der Waals surface area contributed by atoms with Crippen molar-refractivity contribution in [2.24, 2.45) is 0 Å². The fourth-order valence-corrected chi connectivity index (χ4v) is 1.07. The standard InChI is InChI=1S/C12H16NO2/c1-9-6-5-7-10(8-9)13-11(14)15-12(2,3)4/h5-6,8H,1-4H3,(H,13,14). The molecule has 0 aliphatic rings. The van der Waals surface area contributed by atoms with E-state index in [1.54, 1.807) is 6.07 Å². The van der Waals surface area contributed by atoms with E-state index in [1.165, 1.54) is 0 Å². The van der Waals surface area contributed by atoms with E-state index in [0.29, 0.717) is 5.69 Å². The summed E-state index contributed by atoms with van der Waals surface area (Å²) in [7, 11) is 0. The minimum Gasteiger partial charge on any atom is -0.444 e. The van der Waals surface area contributed by atoms with E-state index in [1.807, 2.05) is 39.8 Å². The Bertz CT molecular complexity index is 353. The molecule has 0 saturated heterocycles. The van der Waals surface area contributed by atoms with Gasteiger partial charge in [-0.05, 0) is 39.3 Å². The van der Waals surface area contributed by atoms with Crippen molar-refractivity contribution in [3.63, 3.8) is 0 Å². The van der Waals surface area contributed by atoms with Crippen LogP contribution in [0.15, 0.2) is 18.2 Å². The maximum Gasteiger partial charge on any atom is 0.412 e. The predicted molar refractivity (Wildman–Crippen MR) is 59.9 cm³/mol. The number of hydrogen-bond acceptors (Lipinski definition) is 2. The molecule has 0 fully saturated rings. The summed E-state index contributed by atoms with van der Waals surface area (Å²) in [6, 6.07) is 8.43. The van der Waals surface area contributed by atoms with Crippen LogP contribution in [-0.4, -0.2) is 11.7 Å². The van der Waals surface area contributed by atoms with Gasteiger partial charge in [0.1, 0.15) is 5.60 Å². The summed E-state index contributed by atoms with van der Waals surface area (Å²) in [5.41, 5.74) is 1.22. The number of rotatable bonds is 1. The third-order valence-corrected chi connectivity index (χ3v) is 1.59. The van der Waals surface area contributed by atoms with Crippen molar-refractivity contribution in [2.75, 3.05) is 5.32 Å². The number of anilines is 1. The number of ether oxygens (including phenoxy) is 1. The van der Waals surface area contributed by atoms with E-state index in [0.717, 1.165) is 5.56 Å². The Morgan fingerprint density at radius 2 is 2.13 bits per heavy atom.